The van der Waals surface area contributed by atoms with Crippen LogP contribution in [0.3, 0.4) is 0 Å². The molecule has 2 amide bonds. The van der Waals surface area contributed by atoms with Crippen LogP contribution in [-0.2, 0) is 33.7 Å². The van der Waals surface area contributed by atoms with Crippen molar-refractivity contribution in [2.45, 2.75) is 69.4 Å². The van der Waals surface area contributed by atoms with Gasteiger partial charge in [0.05, 0.1) is 36.7 Å². The molecule has 48 heavy (non-hydrogen) atoms. The van der Waals surface area contributed by atoms with Gasteiger partial charge in [0, 0.05) is 32.2 Å². The fourth-order valence-electron chi connectivity index (χ4n) is 3.91. The number of halogens is 7. The third-order valence-electron chi connectivity index (χ3n) is 6.29. The number of hydrogen-bond donors (Lipinski definition) is 3. The van der Waals surface area contributed by atoms with Crippen molar-refractivity contribution in [3.63, 3.8) is 0 Å². The molecular formula is C27H29F7N8O6. The molecule has 0 spiro atoms. The van der Waals surface area contributed by atoms with Gasteiger partial charge in [0.2, 0.25) is 5.91 Å². The number of anilines is 1. The summed E-state index contributed by atoms with van der Waals surface area (Å²) < 4.78 is 94.6. The minimum absolute atomic E-state index is 0.0661. The number of carboxylic acids is 1. The topological polar surface area (TPSA) is 183 Å². The molecule has 1 aliphatic rings. The van der Waals surface area contributed by atoms with E-state index < -0.39 is 49.0 Å². The zero-order chi connectivity index (χ0) is 35.5. The van der Waals surface area contributed by atoms with Gasteiger partial charge in [0.25, 0.3) is 5.91 Å². The maximum absolute atomic E-state index is 14.4. The number of carbonyl (C=O) groups excluding carboxylic acids is 2. The van der Waals surface area contributed by atoms with E-state index in [1.54, 1.807) is 24.3 Å². The maximum Gasteiger partial charge on any atom is 0.490 e. The first-order valence-electron chi connectivity index (χ1n) is 14.0. The van der Waals surface area contributed by atoms with Gasteiger partial charge in [-0.05, 0) is 31.0 Å². The Kier molecular flexibility index (Phi) is 13.1. The highest BCUT2D eigenvalue weighted by Gasteiger charge is 2.38. The Balaban J connectivity index is 0.000000804. The molecule has 21 heteroatoms. The molecule has 0 bridgehead atoms. The number of carbonyl (C=O) groups is 3. The van der Waals surface area contributed by atoms with Crippen LogP contribution < -0.4 is 15.4 Å². The van der Waals surface area contributed by atoms with E-state index >= 15 is 0 Å². The van der Waals surface area contributed by atoms with Crippen molar-refractivity contribution in [3.8, 4) is 5.75 Å². The summed E-state index contributed by atoms with van der Waals surface area (Å²) in [6.07, 6.45) is -7.57. The molecule has 0 aliphatic heterocycles. The fourth-order valence-corrected chi connectivity index (χ4v) is 3.91. The molecule has 3 aromatic rings. The second-order valence-electron chi connectivity index (χ2n) is 10.2. The molecule has 4 rings (SSSR count). The molecule has 1 aliphatic carbocycles. The molecule has 3 N–H and O–H groups in total. The molecule has 0 saturated heterocycles. The van der Waals surface area contributed by atoms with Crippen LogP contribution in [0, 0.1) is 0 Å². The minimum Gasteiger partial charge on any atom is -0.490 e. The van der Waals surface area contributed by atoms with E-state index in [4.69, 9.17) is 19.4 Å². The largest absolute Gasteiger partial charge is 0.490 e. The third kappa shape index (κ3) is 13.0. The van der Waals surface area contributed by atoms with Crippen LogP contribution in [0.2, 0.25) is 0 Å². The van der Waals surface area contributed by atoms with E-state index in [9.17, 15) is 40.3 Å². The maximum atomic E-state index is 14.4. The first-order valence-corrected chi connectivity index (χ1v) is 14.0. The average Bonchev–Trinajstić information content (AvgIpc) is 3.45. The van der Waals surface area contributed by atoms with Gasteiger partial charge in [0.1, 0.15) is 24.6 Å². The van der Waals surface area contributed by atoms with E-state index in [0.717, 1.165) is 0 Å². The first-order chi connectivity index (χ1) is 22.5. The molecule has 0 radical (unpaired) electrons. The quantitative estimate of drug-likeness (QED) is 0.224. The van der Waals surface area contributed by atoms with Gasteiger partial charge in [0.15, 0.2) is 11.5 Å². The number of nitrogens with one attached hydrogen (secondary N) is 2. The lowest BCUT2D eigenvalue weighted by molar-refractivity contribution is -0.199. The summed E-state index contributed by atoms with van der Waals surface area (Å²) >= 11 is 0. The van der Waals surface area contributed by atoms with E-state index in [-0.39, 0.29) is 37.0 Å². The highest BCUT2D eigenvalue weighted by Crippen LogP contribution is 2.30. The van der Waals surface area contributed by atoms with Crippen molar-refractivity contribution < 1.29 is 59.7 Å². The van der Waals surface area contributed by atoms with E-state index in [2.05, 4.69) is 36.1 Å². The van der Waals surface area contributed by atoms with Gasteiger partial charge < -0.3 is 25.2 Å². The smallest absolute Gasteiger partial charge is 0.490 e. The molecule has 1 saturated carbocycles. The SMILES string of the molecule is CNC(=O)c1cn(CC(F)CCc2ccc(NC(=O)Cc3cc(OC4CC(OCC(F)(F)F)C4)ccn3)nn2)nn1.O=C(O)C(F)(F)F. The average molecular weight is 695 g/mol. The summed E-state index contributed by atoms with van der Waals surface area (Å²) in [5, 5.41) is 27.6. The molecule has 3 heterocycles. The van der Waals surface area contributed by atoms with E-state index in [1.165, 1.54) is 24.1 Å². The molecule has 1 unspecified atom stereocenters. The van der Waals surface area contributed by atoms with Crippen LogP contribution in [-0.4, -0.2) is 97.5 Å². The number of rotatable bonds is 13. The number of carboxylic acid groups (broad SMARTS) is 1. The standard InChI is InChI=1S/C25H28F4N8O4.C2HF3O2/c1-30-24(39)21-13-37(36-34-21)12-15(26)2-3-16-4-5-22(35-33-16)32-23(38)9-17-8-18(6-7-31-17)41-20-10-19(11-20)40-14-25(27,28)29;3-2(4,5)1(6)7/h4-8,13,15,19-20H,2-3,9-12,14H2,1H3,(H,30,39)(H,32,35,38);(H,6,7). The molecule has 262 valence electrons. The molecule has 0 aromatic carbocycles. The normalized spacial score (nSPS) is 16.5. The number of aromatic nitrogens is 6. The van der Waals surface area contributed by atoms with Crippen molar-refractivity contribution in [1.29, 1.82) is 0 Å². The number of aryl methyl sites for hydroxylation is 1. The fraction of sp³-hybridized carbons (Fsp3) is 0.481. The highest BCUT2D eigenvalue weighted by atomic mass is 19.4. The molecule has 3 aromatic heterocycles. The van der Waals surface area contributed by atoms with Gasteiger partial charge in [-0.3, -0.25) is 14.6 Å². The number of aliphatic carboxylic acids is 1. The van der Waals surface area contributed by atoms with Crippen molar-refractivity contribution >= 4 is 23.6 Å². The summed E-state index contributed by atoms with van der Waals surface area (Å²) in [5.74, 6) is -2.89. The van der Waals surface area contributed by atoms with Crippen LogP contribution in [0.15, 0.2) is 36.7 Å². The van der Waals surface area contributed by atoms with Crippen molar-refractivity contribution in [3.05, 3.63) is 53.7 Å². The number of nitrogens with zero attached hydrogens (tertiary/aromatic N) is 6. The lowest BCUT2D eigenvalue weighted by Crippen LogP contribution is -2.41. The van der Waals surface area contributed by atoms with E-state index in [0.29, 0.717) is 36.4 Å². The predicted molar refractivity (Wildman–Crippen MR) is 148 cm³/mol. The van der Waals surface area contributed by atoms with Crippen molar-refractivity contribution in [2.75, 3.05) is 19.0 Å². The number of pyridine rings is 1. The number of alkyl halides is 7. The summed E-state index contributed by atoms with van der Waals surface area (Å²) in [7, 11) is 1.46. The molecule has 1 fully saturated rings. The first kappa shape index (κ1) is 37.5. The van der Waals surface area contributed by atoms with Crippen LogP contribution in [0.5, 0.6) is 5.75 Å². The van der Waals surface area contributed by atoms with Gasteiger partial charge in [-0.15, -0.1) is 10.2 Å². The zero-order valence-electron chi connectivity index (χ0n) is 25.0. The van der Waals surface area contributed by atoms with Gasteiger partial charge in [-0.25, -0.2) is 13.9 Å². The number of hydrogen-bond acceptors (Lipinski definition) is 10. The Morgan fingerprint density at radius 1 is 1.04 bits per heavy atom. The second-order valence-corrected chi connectivity index (χ2v) is 10.2. The number of amides is 2. The highest BCUT2D eigenvalue weighted by molar-refractivity contribution is 5.91. The Morgan fingerprint density at radius 2 is 1.75 bits per heavy atom. The van der Waals surface area contributed by atoms with Crippen molar-refractivity contribution in [2.24, 2.45) is 0 Å². The van der Waals surface area contributed by atoms with Crippen LogP contribution >= 0.6 is 0 Å². The lowest BCUT2D eigenvalue weighted by atomic mass is 9.92. The Bertz CT molecular complexity index is 1520. The molecule has 1 atom stereocenters. The monoisotopic (exact) mass is 694 g/mol. The second kappa shape index (κ2) is 16.7. The van der Waals surface area contributed by atoms with Crippen LogP contribution in [0.4, 0.5) is 36.6 Å². The summed E-state index contributed by atoms with van der Waals surface area (Å²) in [4.78, 5) is 37.0. The third-order valence-corrected chi connectivity index (χ3v) is 6.29. The predicted octanol–water partition coefficient (Wildman–Crippen LogP) is 3.10. The lowest BCUT2D eigenvalue weighted by Gasteiger charge is -2.35. The minimum atomic E-state index is -5.08. The van der Waals surface area contributed by atoms with Gasteiger partial charge in [-0.2, -0.15) is 31.4 Å². The molecular weight excluding hydrogens is 665 g/mol. The van der Waals surface area contributed by atoms with Crippen LogP contribution in [0.25, 0.3) is 0 Å². The number of ether oxygens (including phenoxy) is 2. The summed E-state index contributed by atoms with van der Waals surface area (Å²) in [6.45, 7) is -1.35. The summed E-state index contributed by atoms with van der Waals surface area (Å²) in [5.41, 5.74) is 1.06. The Labute approximate surface area is 267 Å². The van der Waals surface area contributed by atoms with Crippen LogP contribution in [0.1, 0.15) is 41.1 Å². The Morgan fingerprint density at radius 3 is 2.35 bits per heavy atom. The van der Waals surface area contributed by atoms with Crippen molar-refractivity contribution in [1.82, 2.24) is 35.5 Å². The van der Waals surface area contributed by atoms with Gasteiger partial charge in [-0.1, -0.05) is 5.21 Å². The Hall–Kier alpha value is -4.95. The zero-order valence-corrected chi connectivity index (χ0v) is 25.0. The van der Waals surface area contributed by atoms with Gasteiger partial charge >= 0.3 is 18.3 Å². The summed E-state index contributed by atoms with van der Waals surface area (Å²) in [6, 6.07) is 6.38. The molecule has 14 nitrogen and oxygen atoms in total. The van der Waals surface area contributed by atoms with E-state index in [1.807, 2.05) is 0 Å².